The zero-order chi connectivity index (χ0) is 11.4. The number of carbonyl (C=O) groups excluding carboxylic acids is 2. The second-order valence-electron chi connectivity index (χ2n) is 3.17. The van der Waals surface area contributed by atoms with E-state index in [9.17, 15) is 9.59 Å². The number of hydrogen-bond donors (Lipinski definition) is 0. The minimum Gasteiger partial charge on any atom is -0.427 e. The molecule has 0 heterocycles. The largest absolute Gasteiger partial charge is 0.427 e. The zero-order valence-electron chi connectivity index (χ0n) is 8.98. The maximum Gasteiger partial charge on any atom is 0.308 e. The quantitative estimate of drug-likeness (QED) is 0.546. The molecule has 80 valence electrons. The van der Waals surface area contributed by atoms with Crippen LogP contribution in [0.15, 0.2) is 24.3 Å². The van der Waals surface area contributed by atoms with E-state index in [1.165, 1.54) is 18.7 Å². The van der Waals surface area contributed by atoms with Gasteiger partial charge in [-0.2, -0.15) is 0 Å². The molecule has 0 aliphatic heterocycles. The standard InChI is InChI=1S/C11H13NO3/c1-8(13)12(3)10-4-6-11(7-5-10)15-9(2)14/h4-7H,1-3H3. The Kier molecular flexibility index (Phi) is 3.44. The lowest BCUT2D eigenvalue weighted by Crippen LogP contribution is -2.22. The van der Waals surface area contributed by atoms with E-state index in [2.05, 4.69) is 0 Å². The first-order chi connectivity index (χ1) is 7.00. The highest BCUT2D eigenvalue weighted by Crippen LogP contribution is 2.18. The van der Waals surface area contributed by atoms with Crippen molar-refractivity contribution in [3.63, 3.8) is 0 Å². The molecule has 15 heavy (non-hydrogen) atoms. The van der Waals surface area contributed by atoms with Crippen molar-refractivity contribution in [2.75, 3.05) is 11.9 Å². The van der Waals surface area contributed by atoms with Crippen LogP contribution in [0.1, 0.15) is 13.8 Å². The number of amides is 1. The molecule has 0 saturated heterocycles. The van der Waals surface area contributed by atoms with E-state index < -0.39 is 0 Å². The Hall–Kier alpha value is -1.84. The average Bonchev–Trinajstić information content (AvgIpc) is 2.17. The van der Waals surface area contributed by atoms with Crippen molar-refractivity contribution < 1.29 is 14.3 Å². The van der Waals surface area contributed by atoms with E-state index in [-0.39, 0.29) is 11.9 Å². The number of carbonyl (C=O) groups is 2. The normalized spacial score (nSPS) is 9.53. The number of nitrogens with zero attached hydrogens (tertiary/aromatic N) is 1. The van der Waals surface area contributed by atoms with Crippen molar-refractivity contribution in [1.29, 1.82) is 0 Å². The molecule has 4 nitrogen and oxygen atoms in total. The Bertz CT molecular complexity index is 370. The Labute approximate surface area is 88.5 Å². The summed E-state index contributed by atoms with van der Waals surface area (Å²) in [5.41, 5.74) is 0.762. The minimum atomic E-state index is -0.359. The maximum absolute atomic E-state index is 11.0. The summed E-state index contributed by atoms with van der Waals surface area (Å²) in [5.74, 6) is 0.0705. The second-order valence-corrected chi connectivity index (χ2v) is 3.17. The fourth-order valence-electron chi connectivity index (χ4n) is 1.09. The molecule has 0 aliphatic carbocycles. The number of ether oxygens (including phenoxy) is 1. The van der Waals surface area contributed by atoms with Crippen LogP contribution in [0.3, 0.4) is 0 Å². The third-order valence-electron chi connectivity index (χ3n) is 1.96. The molecule has 0 bridgehead atoms. The molecule has 0 aromatic heterocycles. The van der Waals surface area contributed by atoms with Crippen LogP contribution in [0, 0.1) is 0 Å². The number of anilines is 1. The van der Waals surface area contributed by atoms with Gasteiger partial charge < -0.3 is 9.64 Å². The molecular weight excluding hydrogens is 194 g/mol. The predicted octanol–water partition coefficient (Wildman–Crippen LogP) is 1.59. The molecule has 0 unspecified atom stereocenters. The van der Waals surface area contributed by atoms with Crippen molar-refractivity contribution in [1.82, 2.24) is 0 Å². The highest BCUT2D eigenvalue weighted by molar-refractivity contribution is 5.90. The molecule has 1 aromatic carbocycles. The first-order valence-electron chi connectivity index (χ1n) is 4.53. The van der Waals surface area contributed by atoms with Gasteiger partial charge in [0, 0.05) is 26.6 Å². The van der Waals surface area contributed by atoms with Gasteiger partial charge in [0.2, 0.25) is 5.91 Å². The van der Waals surface area contributed by atoms with Crippen LogP contribution in [0.5, 0.6) is 5.75 Å². The minimum absolute atomic E-state index is 0.0461. The molecule has 0 N–H and O–H groups in total. The molecule has 0 radical (unpaired) electrons. The molecule has 1 rings (SSSR count). The number of esters is 1. The second kappa shape index (κ2) is 4.59. The van der Waals surface area contributed by atoms with Crippen molar-refractivity contribution in [2.24, 2.45) is 0 Å². The molecule has 1 aromatic rings. The van der Waals surface area contributed by atoms with Gasteiger partial charge in [-0.3, -0.25) is 9.59 Å². The number of hydrogen-bond acceptors (Lipinski definition) is 3. The summed E-state index contributed by atoms with van der Waals surface area (Å²) in [6, 6.07) is 6.74. The van der Waals surface area contributed by atoms with E-state index in [4.69, 9.17) is 4.74 Å². The fraction of sp³-hybridized carbons (Fsp3) is 0.273. The summed E-state index contributed by atoms with van der Waals surface area (Å²) in [6.45, 7) is 2.83. The summed E-state index contributed by atoms with van der Waals surface area (Å²) in [6.07, 6.45) is 0. The van der Waals surface area contributed by atoms with Crippen LogP contribution in [0.25, 0.3) is 0 Å². The summed E-state index contributed by atoms with van der Waals surface area (Å²) in [4.78, 5) is 23.2. The van der Waals surface area contributed by atoms with Crippen LogP contribution in [-0.2, 0) is 9.59 Å². The molecule has 1 amide bonds. The van der Waals surface area contributed by atoms with E-state index >= 15 is 0 Å². The first-order valence-corrected chi connectivity index (χ1v) is 4.53. The lowest BCUT2D eigenvalue weighted by molar-refractivity contribution is -0.131. The number of benzene rings is 1. The molecule has 0 spiro atoms. The topological polar surface area (TPSA) is 46.6 Å². The molecule has 4 heteroatoms. The van der Waals surface area contributed by atoms with Crippen LogP contribution in [-0.4, -0.2) is 18.9 Å². The van der Waals surface area contributed by atoms with Gasteiger partial charge in [-0.25, -0.2) is 0 Å². The van der Waals surface area contributed by atoms with E-state index in [0.717, 1.165) is 5.69 Å². The van der Waals surface area contributed by atoms with E-state index in [1.807, 2.05) is 0 Å². The van der Waals surface area contributed by atoms with Gasteiger partial charge in [0.25, 0.3) is 0 Å². The summed E-state index contributed by atoms with van der Waals surface area (Å²) < 4.78 is 4.87. The molecular formula is C11H13NO3. The smallest absolute Gasteiger partial charge is 0.308 e. The monoisotopic (exact) mass is 207 g/mol. The Balaban J connectivity index is 2.80. The molecule has 0 atom stereocenters. The maximum atomic E-state index is 11.0. The summed E-state index contributed by atoms with van der Waals surface area (Å²) in [7, 11) is 1.68. The van der Waals surface area contributed by atoms with Crippen molar-refractivity contribution >= 4 is 17.6 Å². The van der Waals surface area contributed by atoms with Crippen LogP contribution < -0.4 is 9.64 Å². The van der Waals surface area contributed by atoms with Crippen LogP contribution >= 0.6 is 0 Å². The van der Waals surface area contributed by atoms with E-state index in [1.54, 1.807) is 31.3 Å². The van der Waals surface area contributed by atoms with Crippen LogP contribution in [0.2, 0.25) is 0 Å². The molecule has 0 saturated carbocycles. The molecule has 0 aliphatic rings. The highest BCUT2D eigenvalue weighted by Gasteiger charge is 2.05. The van der Waals surface area contributed by atoms with Crippen molar-refractivity contribution in [3.8, 4) is 5.75 Å². The van der Waals surface area contributed by atoms with Gasteiger partial charge in [-0.05, 0) is 24.3 Å². The first kappa shape index (κ1) is 11.2. The van der Waals surface area contributed by atoms with Gasteiger partial charge in [0.15, 0.2) is 0 Å². The van der Waals surface area contributed by atoms with E-state index in [0.29, 0.717) is 5.75 Å². The lowest BCUT2D eigenvalue weighted by atomic mass is 10.3. The Morgan fingerprint density at radius 3 is 2.07 bits per heavy atom. The SMILES string of the molecule is CC(=O)Oc1ccc(N(C)C(C)=O)cc1. The summed E-state index contributed by atoms with van der Waals surface area (Å²) in [5, 5.41) is 0. The Morgan fingerprint density at radius 1 is 1.13 bits per heavy atom. The van der Waals surface area contributed by atoms with Gasteiger partial charge in [-0.1, -0.05) is 0 Å². The van der Waals surface area contributed by atoms with Gasteiger partial charge >= 0.3 is 5.97 Å². The predicted molar refractivity (Wildman–Crippen MR) is 56.8 cm³/mol. The van der Waals surface area contributed by atoms with Crippen LogP contribution in [0.4, 0.5) is 5.69 Å². The number of rotatable bonds is 2. The van der Waals surface area contributed by atoms with Gasteiger partial charge in [0.05, 0.1) is 0 Å². The van der Waals surface area contributed by atoms with Crippen molar-refractivity contribution in [2.45, 2.75) is 13.8 Å². The molecule has 0 fully saturated rings. The van der Waals surface area contributed by atoms with Gasteiger partial charge in [0.1, 0.15) is 5.75 Å². The average molecular weight is 207 g/mol. The highest BCUT2D eigenvalue weighted by atomic mass is 16.5. The fourth-order valence-corrected chi connectivity index (χ4v) is 1.09. The lowest BCUT2D eigenvalue weighted by Gasteiger charge is -2.14. The third-order valence-corrected chi connectivity index (χ3v) is 1.96. The third kappa shape index (κ3) is 3.09. The summed E-state index contributed by atoms with van der Waals surface area (Å²) >= 11 is 0. The Morgan fingerprint density at radius 2 is 1.67 bits per heavy atom. The van der Waals surface area contributed by atoms with Gasteiger partial charge in [-0.15, -0.1) is 0 Å². The zero-order valence-corrected chi connectivity index (χ0v) is 8.98. The van der Waals surface area contributed by atoms with Crippen molar-refractivity contribution in [3.05, 3.63) is 24.3 Å².